The summed E-state index contributed by atoms with van der Waals surface area (Å²) in [5.41, 5.74) is -1.96. The Hall–Kier alpha value is -0.740. The minimum Gasteiger partial charge on any atom is -0.463 e. The average molecular weight is 277 g/mol. The SMILES string of the molecule is CCOC(=O)C(C)(F)c1ccc(SC)c(Cl)c1. The fourth-order valence-electron chi connectivity index (χ4n) is 1.34. The molecule has 0 heterocycles. The Morgan fingerprint density at radius 2 is 2.24 bits per heavy atom. The van der Waals surface area contributed by atoms with Gasteiger partial charge in [0.1, 0.15) is 0 Å². The van der Waals surface area contributed by atoms with Crippen LogP contribution in [0.2, 0.25) is 5.02 Å². The van der Waals surface area contributed by atoms with Crippen LogP contribution in [-0.2, 0) is 15.2 Å². The number of hydrogen-bond donors (Lipinski definition) is 0. The summed E-state index contributed by atoms with van der Waals surface area (Å²) in [6.07, 6.45) is 1.88. The molecule has 0 radical (unpaired) electrons. The summed E-state index contributed by atoms with van der Waals surface area (Å²) in [6, 6.07) is 4.71. The van der Waals surface area contributed by atoms with Gasteiger partial charge in [-0.05, 0) is 32.2 Å². The largest absolute Gasteiger partial charge is 0.463 e. The molecular formula is C12H14ClFO2S. The summed E-state index contributed by atoms with van der Waals surface area (Å²) in [4.78, 5) is 12.3. The molecule has 0 saturated heterocycles. The molecule has 0 fully saturated rings. The van der Waals surface area contributed by atoms with E-state index >= 15 is 0 Å². The van der Waals surface area contributed by atoms with E-state index in [9.17, 15) is 9.18 Å². The maximum Gasteiger partial charge on any atom is 0.348 e. The van der Waals surface area contributed by atoms with Gasteiger partial charge in [0, 0.05) is 10.5 Å². The van der Waals surface area contributed by atoms with E-state index in [0.29, 0.717) is 5.02 Å². The van der Waals surface area contributed by atoms with Crippen LogP contribution < -0.4 is 0 Å². The molecule has 17 heavy (non-hydrogen) atoms. The molecule has 94 valence electrons. The maximum absolute atomic E-state index is 14.3. The predicted octanol–water partition coefficient (Wildman–Crippen LogP) is 3.81. The molecule has 0 aliphatic heterocycles. The van der Waals surface area contributed by atoms with Gasteiger partial charge in [-0.15, -0.1) is 11.8 Å². The first-order valence-corrected chi connectivity index (χ1v) is 6.74. The quantitative estimate of drug-likeness (QED) is 0.618. The van der Waals surface area contributed by atoms with Gasteiger partial charge in [0.05, 0.1) is 11.6 Å². The molecule has 1 aromatic carbocycles. The second kappa shape index (κ2) is 5.74. The third-order valence-electron chi connectivity index (χ3n) is 2.35. The molecule has 1 aromatic rings. The zero-order valence-corrected chi connectivity index (χ0v) is 11.5. The maximum atomic E-state index is 14.3. The molecule has 0 saturated carbocycles. The number of rotatable bonds is 4. The van der Waals surface area contributed by atoms with Crippen molar-refractivity contribution in [2.75, 3.05) is 12.9 Å². The van der Waals surface area contributed by atoms with Gasteiger partial charge in [-0.3, -0.25) is 0 Å². The van der Waals surface area contributed by atoms with Gasteiger partial charge in [-0.1, -0.05) is 17.7 Å². The summed E-state index contributed by atoms with van der Waals surface area (Å²) in [7, 11) is 0. The van der Waals surface area contributed by atoms with Crippen LogP contribution >= 0.6 is 23.4 Å². The van der Waals surface area contributed by atoms with Crippen molar-refractivity contribution in [1.82, 2.24) is 0 Å². The highest BCUT2D eigenvalue weighted by atomic mass is 35.5. The molecule has 0 bridgehead atoms. The molecule has 5 heteroatoms. The minimum absolute atomic E-state index is 0.148. The van der Waals surface area contributed by atoms with Crippen LogP contribution in [0.4, 0.5) is 4.39 Å². The predicted molar refractivity (Wildman–Crippen MR) is 68.3 cm³/mol. The Morgan fingerprint density at radius 1 is 1.59 bits per heavy atom. The third kappa shape index (κ3) is 3.13. The summed E-state index contributed by atoms with van der Waals surface area (Å²) >= 11 is 7.44. The van der Waals surface area contributed by atoms with Gasteiger partial charge in [-0.25, -0.2) is 9.18 Å². The molecule has 1 atom stereocenters. The van der Waals surface area contributed by atoms with E-state index in [1.54, 1.807) is 19.1 Å². The minimum atomic E-state index is -2.17. The lowest BCUT2D eigenvalue weighted by Crippen LogP contribution is -2.29. The van der Waals surface area contributed by atoms with E-state index in [0.717, 1.165) is 4.90 Å². The smallest absolute Gasteiger partial charge is 0.348 e. The first kappa shape index (κ1) is 14.3. The van der Waals surface area contributed by atoms with Gasteiger partial charge in [0.2, 0.25) is 5.67 Å². The van der Waals surface area contributed by atoms with Gasteiger partial charge >= 0.3 is 5.97 Å². The van der Waals surface area contributed by atoms with Crippen LogP contribution in [0.3, 0.4) is 0 Å². The second-order valence-electron chi connectivity index (χ2n) is 3.57. The fourth-order valence-corrected chi connectivity index (χ4v) is 2.21. The molecule has 0 amide bonds. The zero-order chi connectivity index (χ0) is 13.1. The lowest BCUT2D eigenvalue weighted by molar-refractivity contribution is -0.156. The van der Waals surface area contributed by atoms with Gasteiger partial charge < -0.3 is 4.74 Å². The summed E-state index contributed by atoms with van der Waals surface area (Å²) < 4.78 is 19.0. The lowest BCUT2D eigenvalue weighted by atomic mass is 9.98. The number of ether oxygens (including phenoxy) is 1. The van der Waals surface area contributed by atoms with Crippen LogP contribution in [0.25, 0.3) is 0 Å². The zero-order valence-electron chi connectivity index (χ0n) is 9.92. The van der Waals surface area contributed by atoms with E-state index in [4.69, 9.17) is 16.3 Å². The van der Waals surface area contributed by atoms with Crippen LogP contribution in [0, 0.1) is 0 Å². The number of thioether (sulfide) groups is 1. The molecule has 1 unspecified atom stereocenters. The van der Waals surface area contributed by atoms with E-state index < -0.39 is 11.6 Å². The molecule has 0 N–H and O–H groups in total. The van der Waals surface area contributed by atoms with Crippen molar-refractivity contribution in [3.8, 4) is 0 Å². The molecule has 0 aliphatic rings. The van der Waals surface area contributed by atoms with E-state index in [-0.39, 0.29) is 12.2 Å². The Balaban J connectivity index is 3.07. The summed E-state index contributed by atoms with van der Waals surface area (Å²) in [6.45, 7) is 2.96. The Morgan fingerprint density at radius 3 is 2.71 bits per heavy atom. The highest BCUT2D eigenvalue weighted by Crippen LogP contribution is 2.33. The Labute approximate surface area is 109 Å². The fraction of sp³-hybridized carbons (Fsp3) is 0.417. The van der Waals surface area contributed by atoms with Gasteiger partial charge in [0.25, 0.3) is 0 Å². The third-order valence-corrected chi connectivity index (χ3v) is 3.57. The first-order valence-electron chi connectivity index (χ1n) is 5.13. The van der Waals surface area contributed by atoms with Crippen LogP contribution in [0.1, 0.15) is 19.4 Å². The standard InChI is InChI=1S/C12H14ClFO2S/c1-4-16-11(15)12(2,14)8-5-6-10(17-3)9(13)7-8/h5-7H,4H2,1-3H3. The van der Waals surface area contributed by atoms with Crippen molar-refractivity contribution in [2.45, 2.75) is 24.4 Å². The van der Waals surface area contributed by atoms with Crippen molar-refractivity contribution in [2.24, 2.45) is 0 Å². The van der Waals surface area contributed by atoms with Crippen LogP contribution in [-0.4, -0.2) is 18.8 Å². The number of benzene rings is 1. The summed E-state index contributed by atoms with van der Waals surface area (Å²) in [5.74, 6) is -0.895. The van der Waals surface area contributed by atoms with Crippen molar-refractivity contribution in [1.29, 1.82) is 0 Å². The number of hydrogen-bond acceptors (Lipinski definition) is 3. The van der Waals surface area contributed by atoms with Gasteiger partial charge in [0.15, 0.2) is 0 Å². The topological polar surface area (TPSA) is 26.3 Å². The molecule has 2 nitrogen and oxygen atoms in total. The number of carbonyl (C=O) groups is 1. The monoisotopic (exact) mass is 276 g/mol. The van der Waals surface area contributed by atoms with Crippen LogP contribution in [0.15, 0.2) is 23.1 Å². The number of alkyl halides is 1. The van der Waals surface area contributed by atoms with E-state index in [1.807, 2.05) is 6.26 Å². The molecular weight excluding hydrogens is 263 g/mol. The van der Waals surface area contributed by atoms with Crippen molar-refractivity contribution in [3.05, 3.63) is 28.8 Å². The summed E-state index contributed by atoms with van der Waals surface area (Å²) in [5, 5.41) is 0.433. The molecule has 0 aromatic heterocycles. The number of halogens is 2. The van der Waals surface area contributed by atoms with Crippen molar-refractivity contribution in [3.63, 3.8) is 0 Å². The van der Waals surface area contributed by atoms with Gasteiger partial charge in [-0.2, -0.15) is 0 Å². The molecule has 0 spiro atoms. The Kier molecular flexibility index (Phi) is 4.83. The van der Waals surface area contributed by atoms with E-state index in [1.165, 1.54) is 24.8 Å². The normalized spacial score (nSPS) is 14.2. The first-order chi connectivity index (χ1) is 7.93. The number of esters is 1. The molecule has 1 rings (SSSR count). The van der Waals surface area contributed by atoms with Crippen molar-refractivity contribution >= 4 is 29.3 Å². The highest BCUT2D eigenvalue weighted by Gasteiger charge is 2.37. The molecule has 0 aliphatic carbocycles. The lowest BCUT2D eigenvalue weighted by Gasteiger charge is -2.19. The highest BCUT2D eigenvalue weighted by molar-refractivity contribution is 7.98. The Bertz CT molecular complexity index is 421. The van der Waals surface area contributed by atoms with Crippen LogP contribution in [0.5, 0.6) is 0 Å². The number of carbonyl (C=O) groups excluding carboxylic acids is 1. The van der Waals surface area contributed by atoms with Crippen molar-refractivity contribution < 1.29 is 13.9 Å². The second-order valence-corrected chi connectivity index (χ2v) is 4.83. The van der Waals surface area contributed by atoms with E-state index in [2.05, 4.69) is 0 Å². The average Bonchev–Trinajstić information content (AvgIpc) is 2.29.